The highest BCUT2D eigenvalue weighted by molar-refractivity contribution is 5.78. The van der Waals surface area contributed by atoms with E-state index in [4.69, 9.17) is 0 Å². The van der Waals surface area contributed by atoms with Gasteiger partial charge in [-0.3, -0.25) is 14.4 Å². The van der Waals surface area contributed by atoms with Gasteiger partial charge in [0.2, 0.25) is 5.91 Å². The van der Waals surface area contributed by atoms with E-state index in [0.717, 1.165) is 39.0 Å². The van der Waals surface area contributed by atoms with Crippen LogP contribution in [0, 0.1) is 6.92 Å². The van der Waals surface area contributed by atoms with Gasteiger partial charge in [0.15, 0.2) is 0 Å². The number of benzene rings is 1. The molecule has 0 bridgehead atoms. The van der Waals surface area contributed by atoms with Gasteiger partial charge < -0.3 is 4.90 Å². The number of likely N-dealkylation sites (tertiary alicyclic amines) is 1. The summed E-state index contributed by atoms with van der Waals surface area (Å²) in [5, 5.41) is 4.40. The Morgan fingerprint density at radius 1 is 1.24 bits per heavy atom. The molecule has 5 nitrogen and oxygen atoms in total. The summed E-state index contributed by atoms with van der Waals surface area (Å²) in [6, 6.07) is 8.89. The van der Waals surface area contributed by atoms with E-state index in [2.05, 4.69) is 47.4 Å². The van der Waals surface area contributed by atoms with Crippen molar-refractivity contribution < 1.29 is 4.79 Å². The quantitative estimate of drug-likeness (QED) is 0.858. The summed E-state index contributed by atoms with van der Waals surface area (Å²) in [6.45, 7) is 6.09. The molecule has 3 heterocycles. The van der Waals surface area contributed by atoms with Crippen LogP contribution in [0.15, 0.2) is 36.7 Å². The molecule has 0 aliphatic carbocycles. The van der Waals surface area contributed by atoms with Crippen molar-refractivity contribution in [3.05, 3.63) is 53.3 Å². The van der Waals surface area contributed by atoms with Crippen LogP contribution in [0.1, 0.15) is 29.5 Å². The molecule has 0 N–H and O–H groups in total. The van der Waals surface area contributed by atoms with E-state index in [-0.39, 0.29) is 5.91 Å². The van der Waals surface area contributed by atoms with Crippen molar-refractivity contribution in [2.24, 2.45) is 0 Å². The predicted octanol–water partition coefficient (Wildman–Crippen LogP) is 2.24. The number of carbonyl (C=O) groups excluding carboxylic acids is 1. The molecule has 0 unspecified atom stereocenters. The molecular weight excluding hydrogens is 312 g/mol. The highest BCUT2D eigenvalue weighted by Gasteiger charge is 2.29. The number of fused-ring (bicyclic) bond motifs is 1. The summed E-state index contributed by atoms with van der Waals surface area (Å²) < 4.78 is 2.01. The van der Waals surface area contributed by atoms with Crippen molar-refractivity contribution in [1.82, 2.24) is 19.6 Å². The second kappa shape index (κ2) is 7.00. The van der Waals surface area contributed by atoms with E-state index >= 15 is 0 Å². The van der Waals surface area contributed by atoms with Gasteiger partial charge in [0.05, 0.1) is 19.3 Å². The van der Waals surface area contributed by atoms with Gasteiger partial charge in [0.1, 0.15) is 0 Å². The lowest BCUT2D eigenvalue weighted by Gasteiger charge is -2.32. The Bertz CT molecular complexity index is 754. The second-order valence-electron chi connectivity index (χ2n) is 7.34. The van der Waals surface area contributed by atoms with Crippen molar-refractivity contribution in [2.75, 3.05) is 19.6 Å². The number of amides is 1. The van der Waals surface area contributed by atoms with Crippen LogP contribution in [0.25, 0.3) is 0 Å². The summed E-state index contributed by atoms with van der Waals surface area (Å²) in [4.78, 5) is 17.2. The molecule has 1 fully saturated rings. The first kappa shape index (κ1) is 16.3. The Hall–Kier alpha value is -2.14. The largest absolute Gasteiger partial charge is 0.337 e. The van der Waals surface area contributed by atoms with Gasteiger partial charge >= 0.3 is 0 Å². The summed E-state index contributed by atoms with van der Waals surface area (Å²) in [6.07, 6.45) is 7.27. The third kappa shape index (κ3) is 3.61. The Kier molecular flexibility index (Phi) is 4.57. The average molecular weight is 338 g/mol. The lowest BCUT2D eigenvalue weighted by molar-refractivity contribution is -0.133. The van der Waals surface area contributed by atoms with Gasteiger partial charge in [-0.05, 0) is 49.4 Å². The number of carbonyl (C=O) groups is 1. The minimum atomic E-state index is 0.262. The second-order valence-corrected chi connectivity index (χ2v) is 7.34. The molecule has 2 aliphatic heterocycles. The topological polar surface area (TPSA) is 41.4 Å². The highest BCUT2D eigenvalue weighted by Crippen LogP contribution is 2.21. The van der Waals surface area contributed by atoms with Crippen LogP contribution in [-0.2, 0) is 24.3 Å². The Morgan fingerprint density at radius 2 is 2.08 bits per heavy atom. The number of rotatable bonds is 4. The van der Waals surface area contributed by atoms with E-state index in [0.29, 0.717) is 12.6 Å². The molecule has 132 valence electrons. The maximum absolute atomic E-state index is 12.8. The molecule has 0 saturated carbocycles. The number of nitrogens with zero attached hydrogens (tertiary/aromatic N) is 4. The molecular formula is C20H26N4O. The van der Waals surface area contributed by atoms with Crippen molar-refractivity contribution in [3.63, 3.8) is 0 Å². The molecule has 5 heteroatoms. The van der Waals surface area contributed by atoms with E-state index in [1.807, 2.05) is 15.8 Å². The van der Waals surface area contributed by atoms with Crippen LogP contribution in [0.4, 0.5) is 0 Å². The van der Waals surface area contributed by atoms with Gasteiger partial charge in [-0.1, -0.05) is 24.3 Å². The Morgan fingerprint density at radius 3 is 2.88 bits per heavy atom. The minimum absolute atomic E-state index is 0.262. The molecule has 25 heavy (non-hydrogen) atoms. The van der Waals surface area contributed by atoms with E-state index in [9.17, 15) is 4.79 Å². The molecule has 2 aromatic rings. The number of hydrogen-bond acceptors (Lipinski definition) is 3. The van der Waals surface area contributed by atoms with Crippen LogP contribution in [0.5, 0.6) is 0 Å². The first-order valence-corrected chi connectivity index (χ1v) is 9.27. The van der Waals surface area contributed by atoms with Crippen LogP contribution in [-0.4, -0.2) is 51.2 Å². The molecule has 1 aromatic carbocycles. The van der Waals surface area contributed by atoms with E-state index in [1.165, 1.54) is 23.1 Å². The summed E-state index contributed by atoms with van der Waals surface area (Å²) in [7, 11) is 0. The van der Waals surface area contributed by atoms with Gasteiger partial charge in [0.25, 0.3) is 0 Å². The highest BCUT2D eigenvalue weighted by atomic mass is 16.2. The zero-order valence-electron chi connectivity index (χ0n) is 14.9. The lowest BCUT2D eigenvalue weighted by Crippen LogP contribution is -2.45. The first-order valence-electron chi connectivity index (χ1n) is 9.27. The first-order chi connectivity index (χ1) is 12.2. The van der Waals surface area contributed by atoms with E-state index in [1.54, 1.807) is 0 Å². The monoisotopic (exact) mass is 338 g/mol. The fourth-order valence-electron chi connectivity index (χ4n) is 4.08. The minimum Gasteiger partial charge on any atom is -0.337 e. The number of hydrogen-bond donors (Lipinski definition) is 0. The zero-order valence-corrected chi connectivity index (χ0v) is 14.9. The molecule has 1 amide bonds. The third-order valence-corrected chi connectivity index (χ3v) is 5.48. The maximum atomic E-state index is 12.8. The number of aryl methyl sites for hydroxylation is 1. The van der Waals surface area contributed by atoms with Crippen molar-refractivity contribution in [1.29, 1.82) is 0 Å². The van der Waals surface area contributed by atoms with Crippen molar-refractivity contribution >= 4 is 5.91 Å². The van der Waals surface area contributed by atoms with Crippen LogP contribution in [0.2, 0.25) is 0 Å². The Balaban J connectivity index is 1.37. The summed E-state index contributed by atoms with van der Waals surface area (Å²) >= 11 is 0. The molecule has 0 radical (unpaired) electrons. The van der Waals surface area contributed by atoms with Crippen LogP contribution >= 0.6 is 0 Å². The van der Waals surface area contributed by atoms with Gasteiger partial charge in [-0.15, -0.1) is 0 Å². The fraction of sp³-hybridized carbons (Fsp3) is 0.500. The molecule has 1 aromatic heterocycles. The van der Waals surface area contributed by atoms with Crippen LogP contribution < -0.4 is 0 Å². The van der Waals surface area contributed by atoms with Crippen LogP contribution in [0.3, 0.4) is 0 Å². The van der Waals surface area contributed by atoms with Gasteiger partial charge in [-0.25, -0.2) is 0 Å². The van der Waals surface area contributed by atoms with Gasteiger partial charge in [-0.2, -0.15) is 5.10 Å². The van der Waals surface area contributed by atoms with E-state index < -0.39 is 0 Å². The maximum Gasteiger partial charge on any atom is 0.237 e. The smallest absolute Gasteiger partial charge is 0.237 e. The summed E-state index contributed by atoms with van der Waals surface area (Å²) in [5.41, 5.74) is 3.87. The zero-order chi connectivity index (χ0) is 17.2. The number of aromatic nitrogens is 2. The van der Waals surface area contributed by atoms with Crippen molar-refractivity contribution in [2.45, 2.75) is 45.3 Å². The molecule has 1 atom stereocenters. The molecule has 1 saturated heterocycles. The summed E-state index contributed by atoms with van der Waals surface area (Å²) in [5.74, 6) is 0.262. The normalized spacial score (nSPS) is 20.7. The van der Waals surface area contributed by atoms with Crippen molar-refractivity contribution in [3.8, 4) is 0 Å². The third-order valence-electron chi connectivity index (χ3n) is 5.48. The lowest BCUT2D eigenvalue weighted by atomic mass is 10.00. The standard InChI is InChI=1S/C20H26N4O/c1-16-11-21-24(12-16)14-19-7-4-9-22(19)15-20(25)23-10-8-17-5-2-3-6-18(17)13-23/h2-3,5-6,11-12,19H,4,7-10,13-15H2,1H3/t19-/m1/s1. The van der Waals surface area contributed by atoms with Gasteiger partial charge in [0, 0.05) is 25.3 Å². The SMILES string of the molecule is Cc1cnn(C[C@H]2CCCN2CC(=O)N2CCc3ccccc3C2)c1. The molecule has 0 spiro atoms. The Labute approximate surface area is 149 Å². The average Bonchev–Trinajstić information content (AvgIpc) is 3.24. The molecule has 4 rings (SSSR count). The predicted molar refractivity (Wildman–Crippen MR) is 97.1 cm³/mol. The fourth-order valence-corrected chi connectivity index (χ4v) is 4.08. The molecule has 2 aliphatic rings.